The van der Waals surface area contributed by atoms with E-state index >= 15 is 0 Å². The number of anilines is 3. The quantitative estimate of drug-likeness (QED) is 0.174. The smallest absolute Gasteiger partial charge is 0.265 e. The van der Waals surface area contributed by atoms with Gasteiger partial charge in [0.05, 0.1) is 5.69 Å². The Kier molecular flexibility index (Phi) is 5.85. The van der Waals surface area contributed by atoms with E-state index in [-0.39, 0.29) is 18.8 Å². The van der Waals surface area contributed by atoms with Crippen molar-refractivity contribution in [2.45, 2.75) is 26.2 Å². The molecule has 0 radical (unpaired) electrons. The van der Waals surface area contributed by atoms with Gasteiger partial charge in [-0.1, -0.05) is 75.4 Å². The molecule has 12 rings (SSSR count). The summed E-state index contributed by atoms with van der Waals surface area (Å²) in [5.41, 5.74) is 10.1. The lowest BCUT2D eigenvalue weighted by atomic mass is 9.31. The first-order valence-corrected chi connectivity index (χ1v) is 18.5. The van der Waals surface area contributed by atoms with Gasteiger partial charge in [0, 0.05) is 51.4 Å². The van der Waals surface area contributed by atoms with Gasteiger partial charge in [0.2, 0.25) is 0 Å². The fourth-order valence-corrected chi connectivity index (χ4v) is 8.96. The summed E-state index contributed by atoms with van der Waals surface area (Å²) in [6.45, 7) is 6.26. The lowest BCUT2D eigenvalue weighted by molar-refractivity contribution is 0.441. The van der Waals surface area contributed by atoms with Crippen LogP contribution in [0.3, 0.4) is 0 Å². The van der Waals surface area contributed by atoms with Crippen molar-refractivity contribution in [1.29, 1.82) is 0 Å². The lowest BCUT2D eigenvalue weighted by Crippen LogP contribution is -2.62. The minimum Gasteiger partial charge on any atom is -0.458 e. The number of para-hydroxylation sites is 2. The van der Waals surface area contributed by atoms with Crippen molar-refractivity contribution in [2.24, 2.45) is 0 Å². The van der Waals surface area contributed by atoms with Crippen LogP contribution in [0.1, 0.15) is 26.3 Å². The van der Waals surface area contributed by atoms with Crippen LogP contribution in [0.25, 0.3) is 0 Å². The van der Waals surface area contributed by atoms with E-state index in [2.05, 4.69) is 111 Å². The van der Waals surface area contributed by atoms with E-state index in [4.69, 9.17) is 23.7 Å². The van der Waals surface area contributed by atoms with Crippen LogP contribution in [0, 0.1) is 0 Å². The van der Waals surface area contributed by atoms with Gasteiger partial charge in [-0.2, -0.15) is 0 Å². The van der Waals surface area contributed by atoms with E-state index in [1.165, 1.54) is 0 Å². The lowest BCUT2D eigenvalue weighted by Gasteiger charge is -2.39. The van der Waals surface area contributed by atoms with Crippen molar-refractivity contribution >= 4 is 63.3 Å². The fourth-order valence-electron chi connectivity index (χ4n) is 8.96. The molecule has 5 aliphatic rings. The molecule has 256 valence electrons. The Morgan fingerprint density at radius 2 is 0.759 bits per heavy atom. The minimum atomic E-state index is -0.214. The third-order valence-electron chi connectivity index (χ3n) is 11.4. The summed E-state index contributed by atoms with van der Waals surface area (Å²) in [5.74, 6) is 7.63. The van der Waals surface area contributed by atoms with E-state index in [1.807, 2.05) is 48.5 Å². The van der Waals surface area contributed by atoms with Crippen molar-refractivity contribution in [3.8, 4) is 57.5 Å². The van der Waals surface area contributed by atoms with Crippen LogP contribution < -0.4 is 61.4 Å². The number of rotatable bonds is 3. The molecule has 5 aliphatic heterocycles. The summed E-state index contributed by atoms with van der Waals surface area (Å²) in [4.78, 5) is 2.23. The summed E-state index contributed by atoms with van der Waals surface area (Å²) < 4.78 is 34.6. The van der Waals surface area contributed by atoms with E-state index in [1.54, 1.807) is 0 Å². The van der Waals surface area contributed by atoms with Gasteiger partial charge in [-0.05, 0) is 82.6 Å². The third kappa shape index (κ3) is 4.13. The highest BCUT2D eigenvalue weighted by Crippen LogP contribution is 2.46. The number of nitrogens with zero attached hydrogens (tertiary/aromatic N) is 1. The molecule has 0 aromatic heterocycles. The predicted octanol–water partition coefficient (Wildman–Crippen LogP) is 8.01. The highest BCUT2D eigenvalue weighted by Gasteiger charge is 2.48. The van der Waals surface area contributed by atoms with Crippen LogP contribution in [0.5, 0.6) is 57.5 Å². The van der Waals surface area contributed by atoms with Gasteiger partial charge < -0.3 is 28.6 Å². The summed E-state index contributed by atoms with van der Waals surface area (Å²) in [6, 6.07) is 46.0. The predicted molar refractivity (Wildman–Crippen MR) is 215 cm³/mol. The second kappa shape index (κ2) is 10.5. The molecule has 0 spiro atoms. The summed E-state index contributed by atoms with van der Waals surface area (Å²) in [5, 5.41) is 0. The molecular formula is C46H31B2NO5. The van der Waals surface area contributed by atoms with Crippen LogP contribution in [0.4, 0.5) is 17.1 Å². The van der Waals surface area contributed by atoms with Gasteiger partial charge in [-0.15, -0.1) is 0 Å². The highest BCUT2D eigenvalue weighted by molar-refractivity contribution is 7.01. The molecule has 0 unspecified atom stereocenters. The van der Waals surface area contributed by atoms with Crippen LogP contribution >= 0.6 is 0 Å². The zero-order chi connectivity index (χ0) is 35.9. The van der Waals surface area contributed by atoms with E-state index in [9.17, 15) is 0 Å². The third-order valence-corrected chi connectivity index (χ3v) is 11.4. The summed E-state index contributed by atoms with van der Waals surface area (Å²) in [7, 11) is 0. The van der Waals surface area contributed by atoms with Crippen molar-refractivity contribution in [3.05, 3.63) is 139 Å². The zero-order valence-electron chi connectivity index (χ0n) is 29.8. The molecule has 54 heavy (non-hydrogen) atoms. The second-order valence-corrected chi connectivity index (χ2v) is 15.6. The largest absolute Gasteiger partial charge is 0.458 e. The molecule has 0 aliphatic carbocycles. The molecule has 0 N–H and O–H groups in total. The van der Waals surface area contributed by atoms with Gasteiger partial charge in [0.25, 0.3) is 13.4 Å². The van der Waals surface area contributed by atoms with Crippen LogP contribution in [0.15, 0.2) is 133 Å². The standard InChI is InChI=1S/C46H31B2NO5/c1-46(2,3)26-20-38-44-39(21-26)53-36-25-37-31-24-30(36)47(44)42-32(16-10-18-34(42)51-38)50-33-17-11-19-35-43(33)48(31)45-40(52-35)22-29(23-41(45)54-37)49(27-12-6-4-7-13-27)28-14-8-5-9-15-28/h4-25H,1-3H3. The molecule has 0 saturated heterocycles. The SMILES string of the molecule is CC(C)(C)c1cc2c3c(c1)Oc1cccc4c1B3c1cc3c(cc1O2)Oc1cc(N(c2ccccc2)c2ccccc2)cc2c1B3c1c(cccc1O4)O2. The Morgan fingerprint density at radius 1 is 0.370 bits per heavy atom. The minimum absolute atomic E-state index is 0.115. The van der Waals surface area contributed by atoms with E-state index in [0.29, 0.717) is 0 Å². The van der Waals surface area contributed by atoms with Crippen LogP contribution in [0.2, 0.25) is 0 Å². The first kappa shape index (κ1) is 30.0. The maximum absolute atomic E-state index is 7.05. The Hall–Kier alpha value is -6.53. The Labute approximate surface area is 313 Å². The van der Waals surface area contributed by atoms with Gasteiger partial charge in [0.1, 0.15) is 57.5 Å². The van der Waals surface area contributed by atoms with Crippen molar-refractivity contribution < 1.29 is 23.7 Å². The second-order valence-electron chi connectivity index (χ2n) is 15.6. The normalized spacial score (nSPS) is 14.1. The molecule has 0 saturated carbocycles. The maximum Gasteiger partial charge on any atom is 0.265 e. The fraction of sp³-hybridized carbons (Fsp3) is 0.0870. The molecular weight excluding hydrogens is 668 g/mol. The van der Waals surface area contributed by atoms with Crippen molar-refractivity contribution in [1.82, 2.24) is 0 Å². The van der Waals surface area contributed by atoms with Gasteiger partial charge in [-0.3, -0.25) is 0 Å². The molecule has 0 amide bonds. The first-order valence-electron chi connectivity index (χ1n) is 18.5. The average molecular weight is 699 g/mol. The Balaban J connectivity index is 1.12. The van der Waals surface area contributed by atoms with Gasteiger partial charge >= 0.3 is 0 Å². The summed E-state index contributed by atoms with van der Waals surface area (Å²) >= 11 is 0. The molecule has 0 fully saturated rings. The van der Waals surface area contributed by atoms with Gasteiger partial charge in [0.15, 0.2) is 0 Å². The number of benzene rings is 7. The van der Waals surface area contributed by atoms with Crippen molar-refractivity contribution in [3.63, 3.8) is 0 Å². The molecule has 7 aromatic carbocycles. The number of hydrogen-bond acceptors (Lipinski definition) is 6. The Morgan fingerprint density at radius 3 is 1.20 bits per heavy atom. The molecule has 0 atom stereocenters. The first-order chi connectivity index (χ1) is 26.4. The number of hydrogen-bond donors (Lipinski definition) is 0. The molecule has 8 heteroatoms. The van der Waals surface area contributed by atoms with Gasteiger partial charge in [-0.25, -0.2) is 0 Å². The Bertz CT molecular complexity index is 2720. The molecule has 6 nitrogen and oxygen atoms in total. The topological polar surface area (TPSA) is 49.4 Å². The van der Waals surface area contributed by atoms with Crippen LogP contribution in [-0.2, 0) is 5.41 Å². The van der Waals surface area contributed by atoms with E-state index < -0.39 is 0 Å². The number of ether oxygens (including phenoxy) is 5. The zero-order valence-corrected chi connectivity index (χ0v) is 29.8. The summed E-state index contributed by atoms with van der Waals surface area (Å²) in [6.07, 6.45) is 0. The van der Waals surface area contributed by atoms with Crippen LogP contribution in [-0.4, -0.2) is 13.4 Å². The molecule has 7 aromatic rings. The van der Waals surface area contributed by atoms with Crippen molar-refractivity contribution in [2.75, 3.05) is 4.90 Å². The molecule has 2 bridgehead atoms. The maximum atomic E-state index is 7.05. The monoisotopic (exact) mass is 699 g/mol. The van der Waals surface area contributed by atoms with E-state index in [0.717, 1.165) is 113 Å². The average Bonchev–Trinajstić information content (AvgIpc) is 3.17. The molecule has 5 heterocycles. The highest BCUT2D eigenvalue weighted by atomic mass is 16.5.